The summed E-state index contributed by atoms with van der Waals surface area (Å²) in [4.78, 5) is 10.7. The van der Waals surface area contributed by atoms with E-state index < -0.39 is 17.8 Å². The average Bonchev–Trinajstić information content (AvgIpc) is 2.63. The molecule has 0 spiro atoms. The molecule has 1 atom stereocenters. The number of hydrogen-bond donors (Lipinski definition) is 1. The summed E-state index contributed by atoms with van der Waals surface area (Å²) >= 11 is 0. The summed E-state index contributed by atoms with van der Waals surface area (Å²) in [7, 11) is 0. The molecule has 1 N–H and O–H groups in total. The fraction of sp³-hybridized carbons (Fsp3) is 0.364. The van der Waals surface area contributed by atoms with Gasteiger partial charge < -0.3 is 10.1 Å². The molecule has 1 aromatic carbocycles. The van der Waals surface area contributed by atoms with Gasteiger partial charge in [0.15, 0.2) is 0 Å². The molecule has 0 bridgehead atoms. The minimum atomic E-state index is -4.32. The summed E-state index contributed by atoms with van der Waals surface area (Å²) in [6.07, 6.45) is -4.34. The summed E-state index contributed by atoms with van der Waals surface area (Å²) in [6, 6.07) is 4.72. The molecular weight excluding hydrogens is 235 g/mol. The molecule has 17 heavy (non-hydrogen) atoms. The zero-order valence-electron chi connectivity index (χ0n) is 8.75. The lowest BCUT2D eigenvalue weighted by Crippen LogP contribution is -2.28. The summed E-state index contributed by atoms with van der Waals surface area (Å²) in [6.45, 7) is 0.250. The van der Waals surface area contributed by atoms with E-state index in [1.165, 1.54) is 12.1 Å². The third kappa shape index (κ3) is 2.89. The van der Waals surface area contributed by atoms with E-state index in [4.69, 9.17) is 0 Å². The van der Waals surface area contributed by atoms with Crippen LogP contribution < -0.4 is 5.32 Å². The number of rotatable bonds is 2. The van der Waals surface area contributed by atoms with Crippen molar-refractivity contribution in [2.75, 3.05) is 6.61 Å². The molecule has 2 rings (SSSR count). The molecule has 3 nitrogen and oxygen atoms in total. The lowest BCUT2D eigenvalue weighted by atomic mass is 10.0. The van der Waals surface area contributed by atoms with Gasteiger partial charge in [-0.2, -0.15) is 13.2 Å². The fourth-order valence-corrected chi connectivity index (χ4v) is 1.65. The first-order valence-electron chi connectivity index (χ1n) is 5.04. The van der Waals surface area contributed by atoms with Gasteiger partial charge in [0.2, 0.25) is 0 Å². The van der Waals surface area contributed by atoms with Gasteiger partial charge in [-0.15, -0.1) is 0 Å². The van der Waals surface area contributed by atoms with E-state index in [2.05, 4.69) is 10.1 Å². The Morgan fingerprint density at radius 1 is 1.29 bits per heavy atom. The monoisotopic (exact) mass is 245 g/mol. The fourth-order valence-electron chi connectivity index (χ4n) is 1.65. The number of carbonyl (C=O) groups excluding carboxylic acids is 1. The standard InChI is InChI=1S/C11H10F3NO2/c12-11(13,14)8-3-1-7(2-4-8)5-9-6-17-10(16)15-9/h1-4,9H,5-6H2,(H,15,16). The van der Waals surface area contributed by atoms with Gasteiger partial charge in [-0.25, -0.2) is 4.79 Å². The summed E-state index contributed by atoms with van der Waals surface area (Å²) in [5, 5.41) is 2.56. The number of amides is 1. The van der Waals surface area contributed by atoms with Crippen molar-refractivity contribution >= 4 is 6.09 Å². The molecule has 0 aliphatic carbocycles. The summed E-state index contributed by atoms with van der Waals surface area (Å²) in [5.74, 6) is 0. The van der Waals surface area contributed by atoms with Crippen molar-refractivity contribution < 1.29 is 22.7 Å². The maximum Gasteiger partial charge on any atom is 0.416 e. The lowest BCUT2D eigenvalue weighted by molar-refractivity contribution is -0.137. The third-order valence-corrected chi connectivity index (χ3v) is 2.50. The Balaban J connectivity index is 2.01. The van der Waals surface area contributed by atoms with Gasteiger partial charge in [-0.05, 0) is 24.1 Å². The van der Waals surface area contributed by atoms with Gasteiger partial charge in [-0.3, -0.25) is 0 Å². The van der Waals surface area contributed by atoms with E-state index in [9.17, 15) is 18.0 Å². The second-order valence-electron chi connectivity index (χ2n) is 3.84. The normalized spacial score (nSPS) is 19.9. The van der Waals surface area contributed by atoms with Crippen molar-refractivity contribution in [3.05, 3.63) is 35.4 Å². The number of nitrogens with one attached hydrogen (secondary N) is 1. The van der Waals surface area contributed by atoms with E-state index in [1.54, 1.807) is 0 Å². The van der Waals surface area contributed by atoms with Crippen LogP contribution in [0.5, 0.6) is 0 Å². The van der Waals surface area contributed by atoms with Crippen molar-refractivity contribution in [3.8, 4) is 0 Å². The van der Waals surface area contributed by atoms with E-state index in [1.807, 2.05) is 0 Å². The van der Waals surface area contributed by atoms with Gasteiger partial charge in [-0.1, -0.05) is 12.1 Å². The second kappa shape index (κ2) is 4.27. The number of halogens is 3. The highest BCUT2D eigenvalue weighted by Gasteiger charge is 2.30. The molecule has 0 radical (unpaired) electrons. The van der Waals surface area contributed by atoms with Crippen LogP contribution in [-0.2, 0) is 17.3 Å². The number of alkyl halides is 3. The van der Waals surface area contributed by atoms with Gasteiger partial charge in [0.1, 0.15) is 6.61 Å². The Labute approximate surface area is 95.6 Å². The molecule has 1 unspecified atom stereocenters. The van der Waals surface area contributed by atoms with E-state index in [0.717, 1.165) is 17.7 Å². The van der Waals surface area contributed by atoms with E-state index in [-0.39, 0.29) is 12.6 Å². The Kier molecular flexibility index (Phi) is 2.95. The summed E-state index contributed by atoms with van der Waals surface area (Å²) < 4.78 is 41.6. The smallest absolute Gasteiger partial charge is 0.416 e. The van der Waals surface area contributed by atoms with Crippen LogP contribution in [0.3, 0.4) is 0 Å². The first kappa shape index (κ1) is 11.8. The quantitative estimate of drug-likeness (QED) is 0.868. The van der Waals surface area contributed by atoms with Crippen molar-refractivity contribution in [1.29, 1.82) is 0 Å². The molecule has 1 saturated heterocycles. The molecule has 92 valence electrons. The Morgan fingerprint density at radius 2 is 1.94 bits per heavy atom. The number of ether oxygens (including phenoxy) is 1. The van der Waals surface area contributed by atoms with Gasteiger partial charge in [0, 0.05) is 0 Å². The number of alkyl carbamates (subject to hydrolysis) is 1. The van der Waals surface area contributed by atoms with Crippen molar-refractivity contribution in [2.45, 2.75) is 18.6 Å². The van der Waals surface area contributed by atoms with Crippen molar-refractivity contribution in [1.82, 2.24) is 5.32 Å². The molecule has 0 aromatic heterocycles. The van der Waals surface area contributed by atoms with Crippen LogP contribution in [0.25, 0.3) is 0 Å². The van der Waals surface area contributed by atoms with Crippen molar-refractivity contribution in [2.24, 2.45) is 0 Å². The number of hydrogen-bond acceptors (Lipinski definition) is 2. The molecule has 0 saturated carbocycles. The summed E-state index contributed by atoms with van der Waals surface area (Å²) in [5.41, 5.74) is 0.0572. The maximum atomic E-state index is 12.3. The molecule has 1 aliphatic heterocycles. The minimum Gasteiger partial charge on any atom is -0.447 e. The van der Waals surface area contributed by atoms with Crippen LogP contribution in [0.1, 0.15) is 11.1 Å². The molecule has 6 heteroatoms. The number of cyclic esters (lactones) is 1. The average molecular weight is 245 g/mol. The zero-order valence-corrected chi connectivity index (χ0v) is 8.75. The Morgan fingerprint density at radius 3 is 2.41 bits per heavy atom. The second-order valence-corrected chi connectivity index (χ2v) is 3.84. The number of carbonyl (C=O) groups is 1. The highest BCUT2D eigenvalue weighted by Crippen LogP contribution is 2.29. The SMILES string of the molecule is O=C1NC(Cc2ccc(C(F)(F)F)cc2)CO1. The van der Waals surface area contributed by atoms with E-state index in [0.29, 0.717) is 6.42 Å². The minimum absolute atomic E-state index is 0.167. The molecule has 1 aliphatic rings. The zero-order chi connectivity index (χ0) is 12.5. The molecule has 1 heterocycles. The van der Waals surface area contributed by atoms with Crippen LogP contribution in [0.2, 0.25) is 0 Å². The third-order valence-electron chi connectivity index (χ3n) is 2.50. The topological polar surface area (TPSA) is 38.3 Å². The first-order valence-corrected chi connectivity index (χ1v) is 5.04. The van der Waals surface area contributed by atoms with Gasteiger partial charge in [0.25, 0.3) is 0 Å². The van der Waals surface area contributed by atoms with Crippen LogP contribution in [-0.4, -0.2) is 18.7 Å². The van der Waals surface area contributed by atoms with Crippen molar-refractivity contribution in [3.63, 3.8) is 0 Å². The number of benzene rings is 1. The molecular formula is C11H10F3NO2. The Hall–Kier alpha value is -1.72. The van der Waals surface area contributed by atoms with Crippen LogP contribution in [0.4, 0.5) is 18.0 Å². The first-order chi connectivity index (χ1) is 7.95. The predicted octanol–water partition coefficient (Wildman–Crippen LogP) is 2.36. The highest BCUT2D eigenvalue weighted by molar-refractivity contribution is 5.69. The highest BCUT2D eigenvalue weighted by atomic mass is 19.4. The molecule has 1 amide bonds. The lowest BCUT2D eigenvalue weighted by Gasteiger charge is -2.09. The largest absolute Gasteiger partial charge is 0.447 e. The maximum absolute atomic E-state index is 12.3. The van der Waals surface area contributed by atoms with Gasteiger partial charge >= 0.3 is 12.3 Å². The predicted molar refractivity (Wildman–Crippen MR) is 53.4 cm³/mol. The van der Waals surface area contributed by atoms with E-state index >= 15 is 0 Å². The van der Waals surface area contributed by atoms with Crippen LogP contribution in [0, 0.1) is 0 Å². The van der Waals surface area contributed by atoms with Gasteiger partial charge in [0.05, 0.1) is 11.6 Å². The Bertz CT molecular complexity index is 414. The van der Waals surface area contributed by atoms with Crippen LogP contribution in [0.15, 0.2) is 24.3 Å². The molecule has 1 aromatic rings. The molecule has 1 fully saturated rings. The van der Waals surface area contributed by atoms with Crippen LogP contribution >= 0.6 is 0 Å².